The van der Waals surface area contributed by atoms with E-state index in [0.717, 1.165) is 11.3 Å². The molecule has 4 nitrogen and oxygen atoms in total. The summed E-state index contributed by atoms with van der Waals surface area (Å²) in [6.07, 6.45) is -0.610. The maximum absolute atomic E-state index is 9.93. The van der Waals surface area contributed by atoms with Crippen LogP contribution >= 0.6 is 12.4 Å². The highest BCUT2D eigenvalue weighted by Gasteiger charge is 2.17. The third-order valence-corrected chi connectivity index (χ3v) is 3.18. The van der Waals surface area contributed by atoms with Gasteiger partial charge in [0.1, 0.15) is 18.5 Å². The predicted molar refractivity (Wildman–Crippen MR) is 88.4 cm³/mol. The van der Waals surface area contributed by atoms with Crippen molar-refractivity contribution in [2.45, 2.75) is 45.3 Å². The summed E-state index contributed by atoms with van der Waals surface area (Å²) in [5.41, 5.74) is 0.750. The molecule has 0 spiro atoms. The fraction of sp³-hybridized carbons (Fsp3) is 0.625. The molecule has 1 aromatic carbocycles. The lowest BCUT2D eigenvalue weighted by molar-refractivity contribution is 0.0901. The van der Waals surface area contributed by atoms with Crippen LogP contribution in [-0.4, -0.2) is 41.6 Å². The molecular weight excluding hydrogens is 290 g/mol. The summed E-state index contributed by atoms with van der Waals surface area (Å²) in [6, 6.07) is 7.89. The zero-order chi connectivity index (χ0) is 15.2. The van der Waals surface area contributed by atoms with Gasteiger partial charge in [-0.3, -0.25) is 0 Å². The van der Waals surface area contributed by atoms with Crippen LogP contribution in [0.4, 0.5) is 0 Å². The average molecular weight is 318 g/mol. The number of aliphatic hydroxyl groups is 2. The van der Waals surface area contributed by atoms with Crippen molar-refractivity contribution in [2.75, 3.05) is 19.8 Å². The van der Waals surface area contributed by atoms with E-state index in [1.165, 1.54) is 0 Å². The Labute approximate surface area is 133 Å². The summed E-state index contributed by atoms with van der Waals surface area (Å²) in [7, 11) is 0. The van der Waals surface area contributed by atoms with Crippen LogP contribution in [0.5, 0.6) is 5.75 Å². The van der Waals surface area contributed by atoms with Gasteiger partial charge in [-0.2, -0.15) is 0 Å². The molecule has 1 unspecified atom stereocenters. The number of β-amino-alcohol motifs (C(OH)–C–C–N with tert-alkyl or cyclic N) is 1. The van der Waals surface area contributed by atoms with Gasteiger partial charge < -0.3 is 20.3 Å². The van der Waals surface area contributed by atoms with Crippen LogP contribution in [0.2, 0.25) is 0 Å². The predicted octanol–water partition coefficient (Wildman–Crippen LogP) is 2.33. The van der Waals surface area contributed by atoms with Crippen LogP contribution in [0, 0.1) is 0 Å². The van der Waals surface area contributed by atoms with Crippen molar-refractivity contribution in [1.29, 1.82) is 0 Å². The molecule has 0 heterocycles. The van der Waals surface area contributed by atoms with Crippen molar-refractivity contribution in [3.05, 3.63) is 29.8 Å². The normalized spacial score (nSPS) is 12.9. The Morgan fingerprint density at radius 2 is 1.86 bits per heavy atom. The van der Waals surface area contributed by atoms with E-state index >= 15 is 0 Å². The number of halogens is 1. The summed E-state index contributed by atoms with van der Waals surface area (Å²) >= 11 is 0. The molecule has 0 saturated heterocycles. The Hall–Kier alpha value is -0.810. The standard InChI is InChI=1S/C16H27NO3.ClH/c1-12(2)14-7-5-6-8-15(14)20-10-13(19)9-17-16(3,4)11-18;/h5-8,12-13,17-19H,9-11H2,1-4H3;1H. The number of nitrogens with one attached hydrogen (secondary N) is 1. The number of aliphatic hydroxyl groups excluding tert-OH is 2. The van der Waals surface area contributed by atoms with E-state index in [-0.39, 0.29) is 25.6 Å². The first-order valence-corrected chi connectivity index (χ1v) is 7.11. The van der Waals surface area contributed by atoms with Gasteiger partial charge in [0, 0.05) is 12.1 Å². The topological polar surface area (TPSA) is 61.7 Å². The smallest absolute Gasteiger partial charge is 0.122 e. The van der Waals surface area contributed by atoms with Crippen LogP contribution in [0.15, 0.2) is 24.3 Å². The molecule has 0 aliphatic carbocycles. The van der Waals surface area contributed by atoms with Crippen LogP contribution < -0.4 is 10.1 Å². The van der Waals surface area contributed by atoms with E-state index in [1.807, 2.05) is 38.1 Å². The van der Waals surface area contributed by atoms with Gasteiger partial charge >= 0.3 is 0 Å². The van der Waals surface area contributed by atoms with Gasteiger partial charge in [0.05, 0.1) is 6.61 Å². The second-order valence-corrected chi connectivity index (χ2v) is 6.08. The largest absolute Gasteiger partial charge is 0.491 e. The van der Waals surface area contributed by atoms with Crippen LogP contribution in [0.1, 0.15) is 39.2 Å². The number of benzene rings is 1. The van der Waals surface area contributed by atoms with Crippen molar-refractivity contribution in [3.63, 3.8) is 0 Å². The van der Waals surface area contributed by atoms with E-state index in [1.54, 1.807) is 0 Å². The minimum atomic E-state index is -0.610. The van der Waals surface area contributed by atoms with E-state index in [0.29, 0.717) is 12.5 Å². The van der Waals surface area contributed by atoms with Gasteiger partial charge in [-0.25, -0.2) is 0 Å². The number of rotatable bonds is 8. The maximum Gasteiger partial charge on any atom is 0.122 e. The summed E-state index contributed by atoms with van der Waals surface area (Å²) < 4.78 is 5.71. The molecule has 0 aromatic heterocycles. The first-order chi connectivity index (χ1) is 9.35. The quantitative estimate of drug-likeness (QED) is 0.688. The van der Waals surface area contributed by atoms with Gasteiger partial charge in [-0.1, -0.05) is 32.0 Å². The lowest BCUT2D eigenvalue weighted by atomic mass is 10.0. The van der Waals surface area contributed by atoms with Gasteiger partial charge in [0.2, 0.25) is 0 Å². The second kappa shape index (κ2) is 9.26. The molecule has 0 aliphatic heterocycles. The lowest BCUT2D eigenvalue weighted by Crippen LogP contribution is -2.47. The fourth-order valence-electron chi connectivity index (χ4n) is 1.78. The molecule has 122 valence electrons. The molecule has 1 atom stereocenters. The Kier molecular flexibility index (Phi) is 8.90. The molecular formula is C16H28ClNO3. The number of hydrogen-bond donors (Lipinski definition) is 3. The Morgan fingerprint density at radius 1 is 1.24 bits per heavy atom. The zero-order valence-electron chi connectivity index (χ0n) is 13.3. The lowest BCUT2D eigenvalue weighted by Gasteiger charge is -2.25. The molecule has 1 aromatic rings. The molecule has 5 heteroatoms. The SMILES string of the molecule is CC(C)c1ccccc1OCC(O)CNC(C)(C)CO.Cl. The molecule has 0 saturated carbocycles. The summed E-state index contributed by atoms with van der Waals surface area (Å²) in [4.78, 5) is 0. The highest BCUT2D eigenvalue weighted by atomic mass is 35.5. The number of ether oxygens (including phenoxy) is 1. The highest BCUT2D eigenvalue weighted by Crippen LogP contribution is 2.25. The minimum Gasteiger partial charge on any atom is -0.491 e. The summed E-state index contributed by atoms with van der Waals surface area (Å²) in [6.45, 7) is 8.64. The van der Waals surface area contributed by atoms with E-state index in [4.69, 9.17) is 9.84 Å². The number of para-hydroxylation sites is 1. The fourth-order valence-corrected chi connectivity index (χ4v) is 1.78. The first kappa shape index (κ1) is 20.2. The molecule has 0 fully saturated rings. The highest BCUT2D eigenvalue weighted by molar-refractivity contribution is 5.85. The van der Waals surface area contributed by atoms with Crippen molar-refractivity contribution in [3.8, 4) is 5.75 Å². The monoisotopic (exact) mass is 317 g/mol. The van der Waals surface area contributed by atoms with E-state index in [9.17, 15) is 5.11 Å². The third kappa shape index (κ3) is 7.14. The Morgan fingerprint density at radius 3 is 2.43 bits per heavy atom. The maximum atomic E-state index is 9.93. The minimum absolute atomic E-state index is 0. The molecule has 0 aliphatic rings. The van der Waals surface area contributed by atoms with Crippen molar-refractivity contribution in [2.24, 2.45) is 0 Å². The molecule has 0 amide bonds. The van der Waals surface area contributed by atoms with Crippen LogP contribution in [-0.2, 0) is 0 Å². The number of hydrogen-bond acceptors (Lipinski definition) is 4. The van der Waals surface area contributed by atoms with E-state index < -0.39 is 11.6 Å². The second-order valence-electron chi connectivity index (χ2n) is 6.08. The van der Waals surface area contributed by atoms with Gasteiger partial charge in [0.15, 0.2) is 0 Å². The molecule has 0 bridgehead atoms. The van der Waals surface area contributed by atoms with Gasteiger partial charge in [-0.05, 0) is 31.4 Å². The van der Waals surface area contributed by atoms with Gasteiger partial charge in [-0.15, -0.1) is 12.4 Å². The van der Waals surface area contributed by atoms with Crippen LogP contribution in [0.3, 0.4) is 0 Å². The van der Waals surface area contributed by atoms with Crippen molar-refractivity contribution >= 4 is 12.4 Å². The Balaban J connectivity index is 0.00000400. The van der Waals surface area contributed by atoms with E-state index in [2.05, 4.69) is 19.2 Å². The average Bonchev–Trinajstić information content (AvgIpc) is 2.43. The Bertz CT molecular complexity index is 410. The van der Waals surface area contributed by atoms with Crippen LogP contribution in [0.25, 0.3) is 0 Å². The van der Waals surface area contributed by atoms with Crippen molar-refractivity contribution in [1.82, 2.24) is 5.32 Å². The summed E-state index contributed by atoms with van der Waals surface area (Å²) in [5, 5.41) is 22.2. The molecule has 1 rings (SSSR count). The van der Waals surface area contributed by atoms with Crippen molar-refractivity contribution < 1.29 is 14.9 Å². The molecule has 21 heavy (non-hydrogen) atoms. The molecule has 0 radical (unpaired) electrons. The first-order valence-electron chi connectivity index (χ1n) is 7.11. The zero-order valence-corrected chi connectivity index (χ0v) is 14.1. The summed E-state index contributed by atoms with van der Waals surface area (Å²) in [5.74, 6) is 1.21. The molecule has 3 N–H and O–H groups in total. The third-order valence-electron chi connectivity index (χ3n) is 3.18. The van der Waals surface area contributed by atoms with Gasteiger partial charge in [0.25, 0.3) is 0 Å².